The Hall–Kier alpha value is -2.11. The first-order valence-corrected chi connectivity index (χ1v) is 7.62. The van der Waals surface area contributed by atoms with E-state index in [1.165, 1.54) is 12.1 Å². The lowest BCUT2D eigenvalue weighted by atomic mass is 10.1. The van der Waals surface area contributed by atoms with Crippen molar-refractivity contribution in [2.75, 3.05) is 20.4 Å². The van der Waals surface area contributed by atoms with Crippen LogP contribution in [-0.2, 0) is 24.3 Å². The Balaban J connectivity index is 1.57. The molecule has 23 heavy (non-hydrogen) atoms. The Morgan fingerprint density at radius 3 is 3.04 bits per heavy atom. The van der Waals surface area contributed by atoms with Gasteiger partial charge in [0.2, 0.25) is 0 Å². The predicted octanol–water partition coefficient (Wildman–Crippen LogP) is 3.03. The molecule has 1 aliphatic heterocycles. The van der Waals surface area contributed by atoms with Crippen LogP contribution in [-0.4, -0.2) is 20.4 Å². The zero-order chi connectivity index (χ0) is 16.1. The third-order valence-electron chi connectivity index (χ3n) is 3.79. The van der Waals surface area contributed by atoms with Crippen LogP contribution >= 0.6 is 0 Å². The summed E-state index contributed by atoms with van der Waals surface area (Å²) < 4.78 is 29.6. The van der Waals surface area contributed by atoms with Crippen molar-refractivity contribution >= 4 is 0 Å². The van der Waals surface area contributed by atoms with Crippen LogP contribution < -0.4 is 14.8 Å². The minimum atomic E-state index is -0.249. The maximum atomic E-state index is 13.7. The van der Waals surface area contributed by atoms with Crippen molar-refractivity contribution in [3.8, 4) is 11.5 Å². The molecule has 0 saturated heterocycles. The molecule has 0 aliphatic carbocycles. The van der Waals surface area contributed by atoms with Crippen LogP contribution in [0.1, 0.15) is 16.7 Å². The zero-order valence-corrected chi connectivity index (χ0v) is 13.1. The highest BCUT2D eigenvalue weighted by atomic mass is 19.1. The summed E-state index contributed by atoms with van der Waals surface area (Å²) in [5.74, 6) is 1.36. The van der Waals surface area contributed by atoms with Crippen LogP contribution in [0, 0.1) is 5.82 Å². The highest BCUT2D eigenvalue weighted by molar-refractivity contribution is 5.42. The minimum absolute atomic E-state index is 0.225. The number of hydrogen-bond acceptors (Lipinski definition) is 4. The maximum absolute atomic E-state index is 13.7. The second-order valence-corrected chi connectivity index (χ2v) is 5.44. The van der Waals surface area contributed by atoms with Gasteiger partial charge in [-0.15, -0.1) is 0 Å². The first-order valence-electron chi connectivity index (χ1n) is 7.62. The molecule has 0 bridgehead atoms. The largest absolute Gasteiger partial charge is 0.497 e. The van der Waals surface area contributed by atoms with Gasteiger partial charge in [0, 0.05) is 12.1 Å². The van der Waals surface area contributed by atoms with Gasteiger partial charge in [-0.3, -0.25) is 0 Å². The summed E-state index contributed by atoms with van der Waals surface area (Å²) in [5, 5.41) is 3.36. The number of nitrogens with one attached hydrogen (secondary N) is 1. The second-order valence-electron chi connectivity index (χ2n) is 5.44. The number of hydrogen-bond donors (Lipinski definition) is 1. The first kappa shape index (κ1) is 15.8. The lowest BCUT2D eigenvalue weighted by Crippen LogP contribution is -2.19. The molecule has 0 unspecified atom stereocenters. The molecule has 0 radical (unpaired) electrons. The number of fused-ring (bicyclic) bond motifs is 1. The molecule has 2 aromatic carbocycles. The lowest BCUT2D eigenvalue weighted by Gasteiger charge is -2.21. The molecule has 0 atom stereocenters. The van der Waals surface area contributed by atoms with Gasteiger partial charge in [0.1, 0.15) is 17.3 Å². The van der Waals surface area contributed by atoms with E-state index in [-0.39, 0.29) is 12.6 Å². The van der Waals surface area contributed by atoms with Gasteiger partial charge in [0.15, 0.2) is 6.79 Å². The third kappa shape index (κ3) is 4.00. The summed E-state index contributed by atoms with van der Waals surface area (Å²) in [4.78, 5) is 0. The maximum Gasteiger partial charge on any atom is 0.189 e. The van der Waals surface area contributed by atoms with Gasteiger partial charge in [-0.2, -0.15) is 0 Å². The average molecular weight is 317 g/mol. The van der Waals surface area contributed by atoms with E-state index in [2.05, 4.69) is 5.32 Å². The minimum Gasteiger partial charge on any atom is -0.497 e. The normalized spacial score (nSPS) is 13.3. The molecule has 122 valence electrons. The number of methoxy groups -OCH3 is 1. The fourth-order valence-electron chi connectivity index (χ4n) is 2.68. The summed E-state index contributed by atoms with van der Waals surface area (Å²) in [6.45, 7) is 2.09. The molecule has 1 aliphatic rings. The van der Waals surface area contributed by atoms with E-state index >= 15 is 0 Å². The topological polar surface area (TPSA) is 39.7 Å². The van der Waals surface area contributed by atoms with E-state index < -0.39 is 0 Å². The van der Waals surface area contributed by atoms with Crippen molar-refractivity contribution in [3.63, 3.8) is 0 Å². The molecule has 0 saturated carbocycles. The first-order chi connectivity index (χ1) is 11.3. The van der Waals surface area contributed by atoms with Gasteiger partial charge in [-0.1, -0.05) is 12.1 Å². The van der Waals surface area contributed by atoms with Gasteiger partial charge in [-0.25, -0.2) is 4.39 Å². The van der Waals surface area contributed by atoms with Crippen molar-refractivity contribution in [2.45, 2.75) is 19.6 Å². The summed E-state index contributed by atoms with van der Waals surface area (Å²) in [7, 11) is 1.66. The Labute approximate surface area is 135 Å². The van der Waals surface area contributed by atoms with E-state index in [0.29, 0.717) is 13.0 Å². The number of halogens is 1. The van der Waals surface area contributed by atoms with Crippen LogP contribution in [0.4, 0.5) is 4.39 Å². The zero-order valence-electron chi connectivity index (χ0n) is 13.1. The van der Waals surface area contributed by atoms with Gasteiger partial charge in [0.05, 0.1) is 13.7 Å². The Bertz CT molecular complexity index is 675. The molecular weight excluding hydrogens is 297 g/mol. The van der Waals surface area contributed by atoms with Gasteiger partial charge >= 0.3 is 0 Å². The van der Waals surface area contributed by atoms with Crippen LogP contribution in [0.3, 0.4) is 0 Å². The van der Waals surface area contributed by atoms with Crippen LogP contribution in [0.2, 0.25) is 0 Å². The molecule has 4 nitrogen and oxygen atoms in total. The van der Waals surface area contributed by atoms with E-state index in [1.807, 2.05) is 24.3 Å². The Kier molecular flexibility index (Phi) is 5.10. The molecule has 0 amide bonds. The molecule has 0 fully saturated rings. The summed E-state index contributed by atoms with van der Waals surface area (Å²) in [6, 6.07) is 10.9. The van der Waals surface area contributed by atoms with Crippen molar-refractivity contribution in [2.24, 2.45) is 0 Å². The lowest BCUT2D eigenvalue weighted by molar-refractivity contribution is -0.0172. The number of ether oxygens (including phenoxy) is 3. The standard InChI is InChI=1S/C18H20FNO3/c1-21-17-4-2-3-13(7-17)10-20-6-5-14-8-16(19)9-15-11-22-12-23-18(14)15/h2-4,7-9,20H,5-6,10-12H2,1H3. The SMILES string of the molecule is COc1cccc(CNCCc2cc(F)cc3c2OCOC3)c1. The summed E-state index contributed by atoms with van der Waals surface area (Å²) in [6.07, 6.45) is 0.698. The van der Waals surface area contributed by atoms with Crippen LogP contribution in [0.5, 0.6) is 11.5 Å². The van der Waals surface area contributed by atoms with E-state index in [0.717, 1.165) is 41.3 Å². The molecular formula is C18H20FNO3. The second kappa shape index (κ2) is 7.44. The van der Waals surface area contributed by atoms with E-state index in [4.69, 9.17) is 14.2 Å². The number of benzene rings is 2. The van der Waals surface area contributed by atoms with Crippen molar-refractivity contribution in [1.29, 1.82) is 0 Å². The predicted molar refractivity (Wildman–Crippen MR) is 85.1 cm³/mol. The Morgan fingerprint density at radius 2 is 2.17 bits per heavy atom. The molecule has 1 heterocycles. The Morgan fingerprint density at radius 1 is 1.26 bits per heavy atom. The van der Waals surface area contributed by atoms with Crippen LogP contribution in [0.25, 0.3) is 0 Å². The highest BCUT2D eigenvalue weighted by Gasteiger charge is 2.16. The summed E-state index contributed by atoms with van der Waals surface area (Å²) >= 11 is 0. The molecule has 1 N–H and O–H groups in total. The monoisotopic (exact) mass is 317 g/mol. The number of rotatable bonds is 6. The fourth-order valence-corrected chi connectivity index (χ4v) is 2.68. The van der Waals surface area contributed by atoms with Crippen LogP contribution in [0.15, 0.2) is 36.4 Å². The van der Waals surface area contributed by atoms with Crippen molar-refractivity contribution < 1.29 is 18.6 Å². The van der Waals surface area contributed by atoms with Crippen molar-refractivity contribution in [3.05, 3.63) is 58.9 Å². The molecule has 0 spiro atoms. The smallest absolute Gasteiger partial charge is 0.189 e. The summed E-state index contributed by atoms with van der Waals surface area (Å²) in [5.41, 5.74) is 2.80. The average Bonchev–Trinajstić information content (AvgIpc) is 2.58. The van der Waals surface area contributed by atoms with Crippen molar-refractivity contribution in [1.82, 2.24) is 5.32 Å². The molecule has 2 aromatic rings. The van der Waals surface area contributed by atoms with Gasteiger partial charge in [0.25, 0.3) is 0 Å². The highest BCUT2D eigenvalue weighted by Crippen LogP contribution is 2.29. The molecule has 3 rings (SSSR count). The third-order valence-corrected chi connectivity index (χ3v) is 3.79. The molecule has 5 heteroatoms. The molecule has 0 aromatic heterocycles. The van der Waals surface area contributed by atoms with E-state index in [1.54, 1.807) is 7.11 Å². The quantitative estimate of drug-likeness (QED) is 0.831. The van der Waals surface area contributed by atoms with Gasteiger partial charge in [-0.05, 0) is 48.4 Å². The van der Waals surface area contributed by atoms with Gasteiger partial charge < -0.3 is 19.5 Å². The fraction of sp³-hybridized carbons (Fsp3) is 0.333. The van der Waals surface area contributed by atoms with E-state index in [9.17, 15) is 4.39 Å².